The predicted molar refractivity (Wildman–Crippen MR) is 124 cm³/mol. The fourth-order valence-electron chi connectivity index (χ4n) is 3.94. The third kappa shape index (κ3) is 3.77. The molecule has 9 heteroatoms. The molecule has 0 saturated heterocycles. The van der Waals surface area contributed by atoms with Crippen LogP contribution in [0.5, 0.6) is 5.75 Å². The van der Waals surface area contributed by atoms with E-state index in [0.717, 1.165) is 16.7 Å². The molecule has 2 aromatic heterocycles. The van der Waals surface area contributed by atoms with E-state index in [2.05, 4.69) is 10.4 Å². The molecular formula is C25H20FN5O3. The topological polar surface area (TPSA) is 89.4 Å². The number of methoxy groups -OCH3 is 1. The minimum absolute atomic E-state index is 0.192. The number of Topliss-reactive ketones (excluding diaryl/α,β-unsaturated/α-hetero) is 1. The number of para-hydroxylation sites is 1. The highest BCUT2D eigenvalue weighted by Gasteiger charge is 2.32. The van der Waals surface area contributed by atoms with Gasteiger partial charge in [-0.1, -0.05) is 12.1 Å². The van der Waals surface area contributed by atoms with Crippen molar-refractivity contribution < 1.29 is 18.7 Å². The largest absolute Gasteiger partial charge is 0.496 e. The molecule has 1 amide bonds. The third-order valence-corrected chi connectivity index (χ3v) is 5.61. The van der Waals surface area contributed by atoms with Gasteiger partial charge in [-0.2, -0.15) is 5.10 Å². The van der Waals surface area contributed by atoms with Gasteiger partial charge in [-0.05, 0) is 54.1 Å². The lowest BCUT2D eigenvalue weighted by molar-refractivity contribution is -0.125. The van der Waals surface area contributed by atoms with Crippen LogP contribution in [0.15, 0.2) is 73.1 Å². The van der Waals surface area contributed by atoms with Crippen molar-refractivity contribution in [3.05, 3.63) is 84.4 Å². The van der Waals surface area contributed by atoms with E-state index in [0.29, 0.717) is 23.8 Å². The third-order valence-electron chi connectivity index (χ3n) is 5.61. The molecule has 34 heavy (non-hydrogen) atoms. The van der Waals surface area contributed by atoms with Crippen molar-refractivity contribution in [1.29, 1.82) is 0 Å². The Labute approximate surface area is 194 Å². The Kier molecular flexibility index (Phi) is 5.51. The molecule has 0 spiro atoms. The molecule has 8 nitrogen and oxygen atoms in total. The minimum Gasteiger partial charge on any atom is -0.496 e. The first-order valence-electron chi connectivity index (χ1n) is 10.6. The first-order chi connectivity index (χ1) is 16.6. The van der Waals surface area contributed by atoms with E-state index < -0.39 is 11.7 Å². The number of benzene rings is 2. The lowest BCUT2D eigenvalue weighted by Crippen LogP contribution is -2.46. The van der Waals surface area contributed by atoms with Crippen molar-refractivity contribution in [3.8, 4) is 28.1 Å². The average molecular weight is 457 g/mol. The monoisotopic (exact) mass is 457 g/mol. The van der Waals surface area contributed by atoms with Gasteiger partial charge in [0, 0.05) is 18.0 Å². The van der Waals surface area contributed by atoms with Gasteiger partial charge in [0.1, 0.15) is 17.3 Å². The maximum absolute atomic E-state index is 13.5. The first-order valence-corrected chi connectivity index (χ1v) is 10.6. The number of nitrogens with one attached hydrogen (secondary N) is 1. The Bertz CT molecular complexity index is 1370. The van der Waals surface area contributed by atoms with Crippen molar-refractivity contribution in [2.24, 2.45) is 0 Å². The number of rotatable bonds is 5. The van der Waals surface area contributed by atoms with Crippen molar-refractivity contribution in [2.45, 2.75) is 6.54 Å². The van der Waals surface area contributed by atoms with Crippen LogP contribution in [0.25, 0.3) is 22.4 Å². The second kappa shape index (κ2) is 8.78. The van der Waals surface area contributed by atoms with E-state index in [-0.39, 0.29) is 17.9 Å². The maximum atomic E-state index is 13.5. The lowest BCUT2D eigenvalue weighted by Gasteiger charge is -2.29. The second-order valence-electron chi connectivity index (χ2n) is 7.64. The summed E-state index contributed by atoms with van der Waals surface area (Å²) >= 11 is 0. The normalized spacial score (nSPS) is 12.6. The van der Waals surface area contributed by atoms with Gasteiger partial charge >= 0.3 is 5.91 Å². The number of carbonyl (C=O) groups is 2. The van der Waals surface area contributed by atoms with Crippen LogP contribution in [0.1, 0.15) is 10.4 Å². The molecule has 0 saturated carbocycles. The van der Waals surface area contributed by atoms with E-state index in [1.165, 1.54) is 24.3 Å². The van der Waals surface area contributed by atoms with Crippen LogP contribution in [0.2, 0.25) is 0 Å². The van der Waals surface area contributed by atoms with Crippen LogP contribution < -0.4 is 10.2 Å². The molecule has 5 rings (SSSR count). The highest BCUT2D eigenvalue weighted by atomic mass is 19.1. The lowest BCUT2D eigenvalue weighted by atomic mass is 10.0. The molecule has 0 radical (unpaired) electrons. The van der Waals surface area contributed by atoms with Crippen molar-refractivity contribution in [3.63, 3.8) is 0 Å². The summed E-state index contributed by atoms with van der Waals surface area (Å²) in [6.45, 7) is 0.597. The number of fused-ring (bicyclic) bond motifs is 1. The Morgan fingerprint density at radius 3 is 2.44 bits per heavy atom. The summed E-state index contributed by atoms with van der Waals surface area (Å²) < 4.78 is 20.5. The molecule has 0 aliphatic carbocycles. The van der Waals surface area contributed by atoms with Crippen LogP contribution in [0, 0.1) is 5.82 Å². The van der Waals surface area contributed by atoms with E-state index in [1.807, 2.05) is 12.1 Å². The standard InChI is InChI=1S/C25H20FN5O3/c1-34-20-5-3-2-4-19(20)23(32)25(33)31-15-14-30-24(29-31)21(16-10-12-27-13-11-16)22(28-30)17-6-8-18(26)9-7-17/h2-13,29H,14-15H2,1H3. The molecule has 1 aliphatic heterocycles. The summed E-state index contributed by atoms with van der Waals surface area (Å²) in [5.41, 5.74) is 6.15. The number of hydrogen-bond acceptors (Lipinski definition) is 6. The number of amides is 1. The van der Waals surface area contributed by atoms with Gasteiger partial charge in [-0.25, -0.2) is 14.1 Å². The molecular weight excluding hydrogens is 437 g/mol. The van der Waals surface area contributed by atoms with Gasteiger partial charge in [0.05, 0.1) is 31.3 Å². The van der Waals surface area contributed by atoms with Crippen molar-refractivity contribution in [1.82, 2.24) is 19.8 Å². The Morgan fingerprint density at radius 1 is 0.971 bits per heavy atom. The Morgan fingerprint density at radius 2 is 1.71 bits per heavy atom. The number of anilines is 1. The molecule has 1 aliphatic rings. The number of nitrogens with zero attached hydrogens (tertiary/aromatic N) is 4. The quantitative estimate of drug-likeness (QED) is 0.362. The zero-order valence-corrected chi connectivity index (χ0v) is 18.2. The smallest absolute Gasteiger partial charge is 0.313 e. The summed E-state index contributed by atoms with van der Waals surface area (Å²) in [4.78, 5) is 30.2. The van der Waals surface area contributed by atoms with Crippen LogP contribution in [0.3, 0.4) is 0 Å². The molecule has 3 heterocycles. The molecule has 2 aromatic carbocycles. The van der Waals surface area contributed by atoms with E-state index in [4.69, 9.17) is 9.84 Å². The molecule has 0 fully saturated rings. The number of carbonyl (C=O) groups excluding carboxylic acids is 2. The summed E-state index contributed by atoms with van der Waals surface area (Å²) in [5, 5.41) is 6.00. The zero-order valence-electron chi connectivity index (χ0n) is 18.2. The van der Waals surface area contributed by atoms with Gasteiger partial charge in [0.15, 0.2) is 5.82 Å². The number of pyridine rings is 1. The fourth-order valence-corrected chi connectivity index (χ4v) is 3.94. The fraction of sp³-hybridized carbons (Fsp3) is 0.120. The SMILES string of the molecule is COc1ccccc1C(=O)C(=O)N1CCn2nc(-c3ccc(F)cc3)c(-c3ccncc3)c2N1. The van der Waals surface area contributed by atoms with Crippen LogP contribution in [-0.4, -0.2) is 45.1 Å². The molecule has 4 aromatic rings. The highest BCUT2D eigenvalue weighted by molar-refractivity contribution is 6.43. The highest BCUT2D eigenvalue weighted by Crippen LogP contribution is 2.39. The number of ether oxygens (including phenoxy) is 1. The van der Waals surface area contributed by atoms with E-state index >= 15 is 0 Å². The molecule has 170 valence electrons. The van der Waals surface area contributed by atoms with Gasteiger partial charge < -0.3 is 4.74 Å². The predicted octanol–water partition coefficient (Wildman–Crippen LogP) is 3.81. The Hall–Kier alpha value is -4.53. The molecule has 0 bridgehead atoms. The van der Waals surface area contributed by atoms with Gasteiger partial charge in [0.25, 0.3) is 5.78 Å². The van der Waals surface area contributed by atoms with Crippen molar-refractivity contribution in [2.75, 3.05) is 19.1 Å². The Balaban J connectivity index is 1.53. The van der Waals surface area contributed by atoms with Crippen molar-refractivity contribution >= 4 is 17.5 Å². The number of ketones is 1. The van der Waals surface area contributed by atoms with Gasteiger partial charge in [0.2, 0.25) is 0 Å². The summed E-state index contributed by atoms with van der Waals surface area (Å²) in [5.74, 6) is -0.844. The maximum Gasteiger partial charge on any atom is 0.313 e. The molecule has 0 atom stereocenters. The number of aromatic nitrogens is 3. The van der Waals surface area contributed by atoms with E-state index in [1.54, 1.807) is 53.5 Å². The van der Waals surface area contributed by atoms with Crippen LogP contribution in [-0.2, 0) is 11.3 Å². The zero-order chi connectivity index (χ0) is 23.7. The summed E-state index contributed by atoms with van der Waals surface area (Å²) in [7, 11) is 1.45. The minimum atomic E-state index is -0.707. The van der Waals surface area contributed by atoms with Crippen LogP contribution in [0.4, 0.5) is 10.2 Å². The van der Waals surface area contributed by atoms with Gasteiger partial charge in [-0.3, -0.25) is 20.0 Å². The number of hydrogen-bond donors (Lipinski definition) is 1. The summed E-state index contributed by atoms with van der Waals surface area (Å²) in [6, 6.07) is 16.3. The van der Waals surface area contributed by atoms with Crippen LogP contribution >= 0.6 is 0 Å². The molecule has 0 unspecified atom stereocenters. The summed E-state index contributed by atoms with van der Waals surface area (Å²) in [6.07, 6.45) is 3.32. The molecule has 1 N–H and O–H groups in total. The number of hydrazine groups is 1. The average Bonchev–Trinajstić information content (AvgIpc) is 3.27. The number of halogens is 1. The second-order valence-corrected chi connectivity index (χ2v) is 7.64. The van der Waals surface area contributed by atoms with E-state index in [9.17, 15) is 14.0 Å². The van der Waals surface area contributed by atoms with Gasteiger partial charge in [-0.15, -0.1) is 0 Å². The first kappa shape index (κ1) is 21.3.